The molecule has 2 N–H and O–H groups in total. The smallest absolute Gasteiger partial charge is 0.272 e. The largest absolute Gasteiger partial charge is 0.488 e. The first-order valence-corrected chi connectivity index (χ1v) is 8.08. The fourth-order valence-corrected chi connectivity index (χ4v) is 2.83. The molecule has 126 valence electrons. The molecule has 2 heterocycles. The lowest BCUT2D eigenvalue weighted by molar-refractivity contribution is 0.0724. The van der Waals surface area contributed by atoms with E-state index in [1.165, 1.54) is 5.56 Å². The number of ether oxygens (including phenoxy) is 1. The van der Waals surface area contributed by atoms with Gasteiger partial charge in [0, 0.05) is 19.2 Å². The second kappa shape index (κ2) is 6.47. The Morgan fingerprint density at radius 2 is 2.12 bits per heavy atom. The van der Waals surface area contributed by atoms with Gasteiger partial charge in [-0.1, -0.05) is 32.0 Å². The van der Waals surface area contributed by atoms with Crippen LogP contribution in [0, 0.1) is 0 Å². The maximum absolute atomic E-state index is 12.7. The Morgan fingerprint density at radius 1 is 1.38 bits per heavy atom. The third-order valence-corrected chi connectivity index (χ3v) is 4.11. The van der Waals surface area contributed by atoms with Crippen molar-refractivity contribution >= 4 is 11.9 Å². The van der Waals surface area contributed by atoms with E-state index in [9.17, 15) is 4.79 Å². The van der Waals surface area contributed by atoms with Crippen LogP contribution >= 0.6 is 0 Å². The van der Waals surface area contributed by atoms with Crippen molar-refractivity contribution in [3.63, 3.8) is 0 Å². The molecule has 1 aliphatic rings. The molecule has 1 unspecified atom stereocenters. The highest BCUT2D eigenvalue weighted by Crippen LogP contribution is 2.28. The third-order valence-electron chi connectivity index (χ3n) is 4.11. The molecule has 0 fully saturated rings. The Balaban J connectivity index is 1.70. The zero-order chi connectivity index (χ0) is 17.3. The normalized spacial score (nSPS) is 15.9. The summed E-state index contributed by atoms with van der Waals surface area (Å²) in [7, 11) is 1.75. The average molecular weight is 326 g/mol. The summed E-state index contributed by atoms with van der Waals surface area (Å²) in [6, 6.07) is 9.67. The van der Waals surface area contributed by atoms with Gasteiger partial charge in [0.25, 0.3) is 5.91 Å². The second-order valence-electron chi connectivity index (χ2n) is 6.43. The zero-order valence-corrected chi connectivity index (χ0v) is 14.2. The Morgan fingerprint density at radius 3 is 2.83 bits per heavy atom. The predicted molar refractivity (Wildman–Crippen MR) is 92.1 cm³/mol. The number of carbonyl (C=O) groups excluding carboxylic acids is 1. The van der Waals surface area contributed by atoms with E-state index >= 15 is 0 Å². The van der Waals surface area contributed by atoms with Crippen molar-refractivity contribution < 1.29 is 9.53 Å². The highest BCUT2D eigenvalue weighted by Gasteiger charge is 2.26. The number of nitrogens with two attached hydrogens (primary N) is 1. The molecule has 6 nitrogen and oxygen atoms in total. The van der Waals surface area contributed by atoms with Crippen LogP contribution in [0.4, 0.5) is 5.95 Å². The van der Waals surface area contributed by atoms with Crippen molar-refractivity contribution in [2.24, 2.45) is 0 Å². The second-order valence-corrected chi connectivity index (χ2v) is 6.43. The predicted octanol–water partition coefficient (Wildman–Crippen LogP) is 2.26. The number of para-hydroxylation sites is 1. The van der Waals surface area contributed by atoms with E-state index in [-0.39, 0.29) is 23.9 Å². The quantitative estimate of drug-likeness (QED) is 0.932. The lowest BCUT2D eigenvalue weighted by Gasteiger charge is -2.21. The molecule has 0 saturated heterocycles. The number of rotatable bonds is 4. The summed E-state index contributed by atoms with van der Waals surface area (Å²) in [6.45, 7) is 4.50. The van der Waals surface area contributed by atoms with Crippen LogP contribution in [0.25, 0.3) is 0 Å². The lowest BCUT2D eigenvalue weighted by Crippen LogP contribution is -2.37. The summed E-state index contributed by atoms with van der Waals surface area (Å²) in [5.41, 5.74) is 8.01. The molecule has 2 aromatic rings. The summed E-state index contributed by atoms with van der Waals surface area (Å²) in [5, 5.41) is 0. The highest BCUT2D eigenvalue weighted by molar-refractivity contribution is 5.92. The lowest BCUT2D eigenvalue weighted by atomic mass is 10.1. The average Bonchev–Trinajstić information content (AvgIpc) is 2.95. The molecule has 24 heavy (non-hydrogen) atoms. The fourth-order valence-electron chi connectivity index (χ4n) is 2.83. The zero-order valence-electron chi connectivity index (χ0n) is 14.2. The van der Waals surface area contributed by atoms with Gasteiger partial charge in [-0.3, -0.25) is 4.79 Å². The molecule has 0 radical (unpaired) electrons. The minimum Gasteiger partial charge on any atom is -0.488 e. The number of hydrogen-bond donors (Lipinski definition) is 1. The van der Waals surface area contributed by atoms with Crippen LogP contribution in [0.15, 0.2) is 30.3 Å². The Labute approximate surface area is 141 Å². The van der Waals surface area contributed by atoms with Gasteiger partial charge in [-0.2, -0.15) is 0 Å². The minimum absolute atomic E-state index is 0.0416. The summed E-state index contributed by atoms with van der Waals surface area (Å²) in [5.74, 6) is 1.03. The van der Waals surface area contributed by atoms with E-state index in [1.54, 1.807) is 18.0 Å². The van der Waals surface area contributed by atoms with E-state index in [1.807, 2.05) is 32.0 Å². The number of aromatic nitrogens is 2. The molecule has 0 saturated carbocycles. The highest BCUT2D eigenvalue weighted by atomic mass is 16.5. The number of anilines is 1. The van der Waals surface area contributed by atoms with E-state index in [2.05, 4.69) is 16.0 Å². The topological polar surface area (TPSA) is 81.3 Å². The summed E-state index contributed by atoms with van der Waals surface area (Å²) in [6.07, 6.45) is 0.761. The molecule has 0 spiro atoms. The Hall–Kier alpha value is -2.63. The molecule has 1 atom stereocenters. The first-order chi connectivity index (χ1) is 11.4. The molecule has 1 aromatic heterocycles. The number of likely N-dealkylation sites (N-methyl/N-ethyl adjacent to an activating group) is 1. The standard InChI is InChI=1S/C18H22N4O2/c1-11(2)14-9-15(21-18(19)20-14)17(23)22(3)10-13-8-12-6-4-5-7-16(12)24-13/h4-7,9,11,13H,8,10H2,1-3H3,(H2,19,20,21). The molecule has 1 aromatic carbocycles. The maximum Gasteiger partial charge on any atom is 0.272 e. The van der Waals surface area contributed by atoms with Crippen molar-refractivity contribution in [2.45, 2.75) is 32.3 Å². The van der Waals surface area contributed by atoms with Gasteiger partial charge in [0.2, 0.25) is 5.95 Å². The van der Waals surface area contributed by atoms with E-state index in [0.717, 1.165) is 17.9 Å². The fraction of sp³-hybridized carbons (Fsp3) is 0.389. The van der Waals surface area contributed by atoms with Crippen LogP contribution in [-0.4, -0.2) is 40.5 Å². The number of hydrogen-bond acceptors (Lipinski definition) is 5. The molecule has 6 heteroatoms. The summed E-state index contributed by atoms with van der Waals surface area (Å²) >= 11 is 0. The van der Waals surface area contributed by atoms with Gasteiger partial charge in [-0.05, 0) is 23.6 Å². The van der Waals surface area contributed by atoms with Crippen LogP contribution in [0.1, 0.15) is 41.5 Å². The van der Waals surface area contributed by atoms with E-state index < -0.39 is 0 Å². The van der Waals surface area contributed by atoms with Gasteiger partial charge in [0.1, 0.15) is 17.5 Å². The van der Waals surface area contributed by atoms with Gasteiger partial charge < -0.3 is 15.4 Å². The van der Waals surface area contributed by atoms with Crippen LogP contribution < -0.4 is 10.5 Å². The first kappa shape index (κ1) is 16.2. The van der Waals surface area contributed by atoms with Gasteiger partial charge in [-0.15, -0.1) is 0 Å². The molecular weight excluding hydrogens is 304 g/mol. The SMILES string of the molecule is CC(C)c1cc(C(=O)N(C)CC2Cc3ccccc3O2)nc(N)n1. The number of carbonyl (C=O) groups is 1. The van der Waals surface area contributed by atoms with Crippen LogP contribution in [0.5, 0.6) is 5.75 Å². The van der Waals surface area contributed by atoms with Crippen molar-refractivity contribution in [3.8, 4) is 5.75 Å². The number of benzene rings is 1. The number of nitrogens with zero attached hydrogens (tertiary/aromatic N) is 3. The van der Waals surface area contributed by atoms with Crippen molar-refractivity contribution in [1.82, 2.24) is 14.9 Å². The third kappa shape index (κ3) is 3.32. The van der Waals surface area contributed by atoms with Gasteiger partial charge in [0.05, 0.1) is 6.54 Å². The Bertz CT molecular complexity index is 735. The van der Waals surface area contributed by atoms with Crippen molar-refractivity contribution in [2.75, 3.05) is 19.3 Å². The van der Waals surface area contributed by atoms with Crippen molar-refractivity contribution in [1.29, 1.82) is 0 Å². The van der Waals surface area contributed by atoms with E-state index in [4.69, 9.17) is 10.5 Å². The monoisotopic (exact) mass is 326 g/mol. The molecule has 0 aliphatic carbocycles. The van der Waals surface area contributed by atoms with Crippen LogP contribution in [0.3, 0.4) is 0 Å². The van der Waals surface area contributed by atoms with Crippen LogP contribution in [-0.2, 0) is 6.42 Å². The van der Waals surface area contributed by atoms with Gasteiger partial charge in [-0.25, -0.2) is 9.97 Å². The molecular formula is C18H22N4O2. The number of nitrogen functional groups attached to an aromatic ring is 1. The molecule has 0 bridgehead atoms. The Kier molecular flexibility index (Phi) is 4.38. The van der Waals surface area contributed by atoms with Crippen LogP contribution in [0.2, 0.25) is 0 Å². The van der Waals surface area contributed by atoms with Gasteiger partial charge >= 0.3 is 0 Å². The molecule has 1 amide bonds. The summed E-state index contributed by atoms with van der Waals surface area (Å²) < 4.78 is 5.90. The maximum atomic E-state index is 12.7. The number of fused-ring (bicyclic) bond motifs is 1. The number of amides is 1. The van der Waals surface area contributed by atoms with Gasteiger partial charge in [0.15, 0.2) is 0 Å². The summed E-state index contributed by atoms with van der Waals surface area (Å²) in [4.78, 5) is 22.5. The van der Waals surface area contributed by atoms with Crippen molar-refractivity contribution in [3.05, 3.63) is 47.3 Å². The molecule has 3 rings (SSSR count). The first-order valence-electron chi connectivity index (χ1n) is 8.08. The molecule has 1 aliphatic heterocycles. The minimum atomic E-state index is -0.175. The van der Waals surface area contributed by atoms with E-state index in [0.29, 0.717) is 12.2 Å².